The van der Waals surface area contributed by atoms with Crippen LogP contribution in [0.2, 0.25) is 5.02 Å². The average Bonchev–Trinajstić information content (AvgIpc) is 2.43. The molecule has 3 nitrogen and oxygen atoms in total. The molecule has 0 bridgehead atoms. The summed E-state index contributed by atoms with van der Waals surface area (Å²) in [6.45, 7) is 2.43. The molecule has 2 aliphatic rings. The van der Waals surface area contributed by atoms with E-state index in [1.807, 2.05) is 18.2 Å². The monoisotopic (exact) mass is 359 g/mol. The van der Waals surface area contributed by atoms with Crippen molar-refractivity contribution < 1.29 is 9.47 Å². The van der Waals surface area contributed by atoms with Gasteiger partial charge in [0, 0.05) is 30.3 Å². The first-order valence-electron chi connectivity index (χ1n) is 7.10. The molecule has 20 heavy (non-hydrogen) atoms. The van der Waals surface area contributed by atoms with Gasteiger partial charge >= 0.3 is 0 Å². The summed E-state index contributed by atoms with van der Waals surface area (Å²) in [5.41, 5.74) is 1.01. The number of hydrogen-bond acceptors (Lipinski definition) is 3. The molecule has 5 heteroatoms. The molecule has 2 aliphatic heterocycles. The molecular formula is C15H19BrClNO2. The third-order valence-corrected chi connectivity index (χ3v) is 4.99. The van der Waals surface area contributed by atoms with Gasteiger partial charge in [0.05, 0.1) is 16.3 Å². The van der Waals surface area contributed by atoms with E-state index in [1.54, 1.807) is 0 Å². The molecule has 1 spiro atoms. The predicted octanol–water partition coefficient (Wildman–Crippen LogP) is 4.24. The molecule has 1 N–H and O–H groups in total. The van der Waals surface area contributed by atoms with Gasteiger partial charge in [-0.05, 0) is 43.9 Å². The highest BCUT2D eigenvalue weighted by Crippen LogP contribution is 2.36. The first kappa shape index (κ1) is 14.6. The fourth-order valence-corrected chi connectivity index (χ4v) is 3.80. The van der Waals surface area contributed by atoms with Crippen molar-refractivity contribution in [2.75, 3.05) is 25.1 Å². The maximum Gasteiger partial charge on any atom is 0.0745 e. The van der Waals surface area contributed by atoms with Crippen molar-refractivity contribution in [3.63, 3.8) is 0 Å². The van der Waals surface area contributed by atoms with E-state index in [0.717, 1.165) is 60.7 Å². The molecule has 0 amide bonds. The highest BCUT2D eigenvalue weighted by molar-refractivity contribution is 9.10. The molecule has 1 atom stereocenters. The average molecular weight is 361 g/mol. The first-order valence-corrected chi connectivity index (χ1v) is 8.27. The van der Waals surface area contributed by atoms with Gasteiger partial charge in [-0.15, -0.1) is 0 Å². The largest absolute Gasteiger partial charge is 0.381 e. The second-order valence-electron chi connectivity index (χ2n) is 5.60. The molecular weight excluding hydrogens is 342 g/mol. The van der Waals surface area contributed by atoms with Crippen molar-refractivity contribution in [1.82, 2.24) is 0 Å². The molecule has 110 valence electrons. The normalized spacial score (nSPS) is 25.6. The van der Waals surface area contributed by atoms with Crippen molar-refractivity contribution in [2.45, 2.75) is 37.3 Å². The molecule has 0 radical (unpaired) electrons. The Bertz CT molecular complexity index is 471. The molecule has 0 aromatic heterocycles. The Labute approximate surface area is 133 Å². The second kappa shape index (κ2) is 6.22. The maximum absolute atomic E-state index is 6.28. The SMILES string of the molecule is Clc1cc(Br)ccc1NC1CCOC2(CCOCC2)C1. The summed E-state index contributed by atoms with van der Waals surface area (Å²) in [5, 5.41) is 4.33. The van der Waals surface area contributed by atoms with Crippen LogP contribution < -0.4 is 5.32 Å². The minimum Gasteiger partial charge on any atom is -0.381 e. The number of hydrogen-bond donors (Lipinski definition) is 1. The highest BCUT2D eigenvalue weighted by atomic mass is 79.9. The van der Waals surface area contributed by atoms with Gasteiger partial charge in [-0.2, -0.15) is 0 Å². The molecule has 3 rings (SSSR count). The molecule has 2 heterocycles. The van der Waals surface area contributed by atoms with Crippen LogP contribution in [0.5, 0.6) is 0 Å². The first-order chi connectivity index (χ1) is 9.67. The number of ether oxygens (including phenoxy) is 2. The third kappa shape index (κ3) is 3.30. The standard InChI is InChI=1S/C15H19BrClNO2/c16-11-1-2-14(13(17)9-11)18-12-3-6-20-15(10-12)4-7-19-8-5-15/h1-2,9,12,18H,3-8,10H2. The van der Waals surface area contributed by atoms with E-state index in [1.165, 1.54) is 0 Å². The molecule has 2 fully saturated rings. The highest BCUT2D eigenvalue weighted by Gasteiger charge is 2.39. The lowest BCUT2D eigenvalue weighted by atomic mass is 9.84. The van der Waals surface area contributed by atoms with Gasteiger partial charge in [-0.25, -0.2) is 0 Å². The van der Waals surface area contributed by atoms with Gasteiger partial charge in [0.2, 0.25) is 0 Å². The van der Waals surface area contributed by atoms with Gasteiger partial charge in [0.25, 0.3) is 0 Å². The van der Waals surface area contributed by atoms with Crippen LogP contribution in [0, 0.1) is 0 Å². The fraction of sp³-hybridized carbons (Fsp3) is 0.600. The van der Waals surface area contributed by atoms with E-state index in [9.17, 15) is 0 Å². The Kier molecular flexibility index (Phi) is 4.55. The molecule has 1 unspecified atom stereocenters. The fourth-order valence-electron chi connectivity index (χ4n) is 3.07. The molecule has 1 aromatic rings. The van der Waals surface area contributed by atoms with Crippen molar-refractivity contribution in [1.29, 1.82) is 0 Å². The molecule has 2 saturated heterocycles. The number of halogens is 2. The predicted molar refractivity (Wildman–Crippen MR) is 84.5 cm³/mol. The summed E-state index contributed by atoms with van der Waals surface area (Å²) in [6, 6.07) is 6.38. The lowest BCUT2D eigenvalue weighted by Gasteiger charge is -2.43. The van der Waals surface area contributed by atoms with Crippen LogP contribution in [0.3, 0.4) is 0 Å². The summed E-state index contributed by atoms with van der Waals surface area (Å²) in [6.07, 6.45) is 4.05. The Morgan fingerprint density at radius 1 is 1.25 bits per heavy atom. The zero-order valence-corrected chi connectivity index (χ0v) is 13.7. The van der Waals surface area contributed by atoms with E-state index < -0.39 is 0 Å². The molecule has 0 saturated carbocycles. The Balaban J connectivity index is 1.68. The summed E-state index contributed by atoms with van der Waals surface area (Å²) in [7, 11) is 0. The summed E-state index contributed by atoms with van der Waals surface area (Å²) >= 11 is 9.72. The van der Waals surface area contributed by atoms with Gasteiger partial charge in [-0.1, -0.05) is 27.5 Å². The van der Waals surface area contributed by atoms with Crippen LogP contribution in [-0.2, 0) is 9.47 Å². The van der Waals surface area contributed by atoms with Crippen LogP contribution in [0.1, 0.15) is 25.7 Å². The van der Waals surface area contributed by atoms with E-state index in [0.29, 0.717) is 6.04 Å². The zero-order chi connectivity index (χ0) is 14.0. The summed E-state index contributed by atoms with van der Waals surface area (Å²) < 4.78 is 12.5. The molecule has 0 aliphatic carbocycles. The second-order valence-corrected chi connectivity index (χ2v) is 6.92. The van der Waals surface area contributed by atoms with E-state index in [2.05, 4.69) is 21.2 Å². The van der Waals surface area contributed by atoms with Crippen molar-refractivity contribution in [3.8, 4) is 0 Å². The zero-order valence-electron chi connectivity index (χ0n) is 11.3. The smallest absolute Gasteiger partial charge is 0.0745 e. The third-order valence-electron chi connectivity index (χ3n) is 4.19. The van der Waals surface area contributed by atoms with Crippen molar-refractivity contribution in [3.05, 3.63) is 27.7 Å². The van der Waals surface area contributed by atoms with Gasteiger partial charge in [0.1, 0.15) is 0 Å². The Hall–Kier alpha value is -0.290. The minimum absolute atomic E-state index is 0.00993. The van der Waals surface area contributed by atoms with Crippen LogP contribution in [0.15, 0.2) is 22.7 Å². The van der Waals surface area contributed by atoms with Crippen LogP contribution >= 0.6 is 27.5 Å². The number of benzene rings is 1. The van der Waals surface area contributed by atoms with Crippen molar-refractivity contribution >= 4 is 33.2 Å². The lowest BCUT2D eigenvalue weighted by molar-refractivity contribution is -0.135. The van der Waals surface area contributed by atoms with Crippen LogP contribution in [0.4, 0.5) is 5.69 Å². The van der Waals surface area contributed by atoms with Gasteiger partial charge in [-0.3, -0.25) is 0 Å². The van der Waals surface area contributed by atoms with Crippen LogP contribution in [0.25, 0.3) is 0 Å². The molecule has 1 aromatic carbocycles. The lowest BCUT2D eigenvalue weighted by Crippen LogP contribution is -2.47. The number of anilines is 1. The van der Waals surface area contributed by atoms with E-state index in [-0.39, 0.29) is 5.60 Å². The number of nitrogens with one attached hydrogen (secondary N) is 1. The maximum atomic E-state index is 6.28. The quantitative estimate of drug-likeness (QED) is 0.855. The van der Waals surface area contributed by atoms with Gasteiger partial charge in [0.15, 0.2) is 0 Å². The topological polar surface area (TPSA) is 30.5 Å². The summed E-state index contributed by atoms with van der Waals surface area (Å²) in [5.74, 6) is 0. The Morgan fingerprint density at radius 3 is 2.80 bits per heavy atom. The number of rotatable bonds is 2. The van der Waals surface area contributed by atoms with Crippen molar-refractivity contribution in [2.24, 2.45) is 0 Å². The Morgan fingerprint density at radius 2 is 2.05 bits per heavy atom. The van der Waals surface area contributed by atoms with Crippen LogP contribution in [-0.4, -0.2) is 31.5 Å². The van der Waals surface area contributed by atoms with E-state index >= 15 is 0 Å². The minimum atomic E-state index is 0.00993. The summed E-state index contributed by atoms with van der Waals surface area (Å²) in [4.78, 5) is 0. The van der Waals surface area contributed by atoms with E-state index in [4.69, 9.17) is 21.1 Å². The van der Waals surface area contributed by atoms with Gasteiger partial charge < -0.3 is 14.8 Å².